The predicted molar refractivity (Wildman–Crippen MR) is 39.7 cm³/mol. The summed E-state index contributed by atoms with van der Waals surface area (Å²) in [4.78, 5) is 10.9. The van der Waals surface area contributed by atoms with Crippen molar-refractivity contribution in [3.8, 4) is 0 Å². The molecule has 11 heavy (non-hydrogen) atoms. The minimum atomic E-state index is -0.881. The largest absolute Gasteiger partial charge is 0.436 e. The molecule has 0 aromatic carbocycles. The van der Waals surface area contributed by atoms with Gasteiger partial charge in [0.15, 0.2) is 0 Å². The van der Waals surface area contributed by atoms with Crippen molar-refractivity contribution in [1.29, 1.82) is 0 Å². The predicted octanol–water partition coefficient (Wildman–Crippen LogP) is 1.06. The zero-order valence-corrected chi connectivity index (χ0v) is 6.75. The Kier molecular flexibility index (Phi) is 2.88. The van der Waals surface area contributed by atoms with Crippen LogP contribution in [0.2, 0.25) is 0 Å². The SMILES string of the molecule is CCCC(O)OC(=O)C1CC1. The van der Waals surface area contributed by atoms with E-state index in [1.807, 2.05) is 6.92 Å². The first-order valence-electron chi connectivity index (χ1n) is 4.12. The van der Waals surface area contributed by atoms with Crippen molar-refractivity contribution in [3.05, 3.63) is 0 Å². The maximum absolute atomic E-state index is 10.9. The number of aliphatic hydroxyl groups excluding tert-OH is 1. The van der Waals surface area contributed by atoms with Crippen molar-refractivity contribution >= 4 is 5.97 Å². The highest BCUT2D eigenvalue weighted by Gasteiger charge is 2.32. The molecule has 1 fully saturated rings. The summed E-state index contributed by atoms with van der Waals surface area (Å²) in [6.45, 7) is 1.94. The van der Waals surface area contributed by atoms with Gasteiger partial charge in [-0.1, -0.05) is 13.3 Å². The van der Waals surface area contributed by atoms with E-state index in [-0.39, 0.29) is 11.9 Å². The number of hydrogen-bond donors (Lipinski definition) is 1. The van der Waals surface area contributed by atoms with Crippen LogP contribution in [0.4, 0.5) is 0 Å². The molecule has 0 heterocycles. The molecular weight excluding hydrogens is 144 g/mol. The van der Waals surface area contributed by atoms with Crippen LogP contribution in [0.3, 0.4) is 0 Å². The van der Waals surface area contributed by atoms with Crippen molar-refractivity contribution in [2.45, 2.75) is 38.9 Å². The van der Waals surface area contributed by atoms with E-state index in [9.17, 15) is 4.79 Å². The van der Waals surface area contributed by atoms with Crippen LogP contribution >= 0.6 is 0 Å². The third kappa shape index (κ3) is 2.89. The quantitative estimate of drug-likeness (QED) is 0.491. The van der Waals surface area contributed by atoms with Crippen LogP contribution in [0.5, 0.6) is 0 Å². The molecule has 3 nitrogen and oxygen atoms in total. The van der Waals surface area contributed by atoms with Crippen LogP contribution in [0.25, 0.3) is 0 Å². The van der Waals surface area contributed by atoms with Gasteiger partial charge in [0, 0.05) is 6.42 Å². The summed E-state index contributed by atoms with van der Waals surface area (Å²) in [6.07, 6.45) is 2.35. The van der Waals surface area contributed by atoms with Crippen molar-refractivity contribution in [2.24, 2.45) is 5.92 Å². The van der Waals surface area contributed by atoms with E-state index < -0.39 is 6.29 Å². The molecule has 1 saturated carbocycles. The van der Waals surface area contributed by atoms with Crippen LogP contribution in [-0.4, -0.2) is 17.4 Å². The molecule has 0 radical (unpaired) electrons. The van der Waals surface area contributed by atoms with Crippen molar-refractivity contribution in [3.63, 3.8) is 0 Å². The van der Waals surface area contributed by atoms with E-state index in [2.05, 4.69) is 0 Å². The average Bonchev–Trinajstić information content (AvgIpc) is 2.67. The molecule has 1 aliphatic rings. The number of carbonyl (C=O) groups is 1. The Labute approximate surface area is 66.4 Å². The minimum absolute atomic E-state index is 0.0847. The molecule has 0 aromatic heterocycles. The Balaban J connectivity index is 2.12. The van der Waals surface area contributed by atoms with Crippen molar-refractivity contribution in [2.75, 3.05) is 0 Å². The van der Waals surface area contributed by atoms with Gasteiger partial charge in [0.25, 0.3) is 0 Å². The summed E-state index contributed by atoms with van der Waals surface area (Å²) >= 11 is 0. The fourth-order valence-corrected chi connectivity index (χ4v) is 0.855. The lowest BCUT2D eigenvalue weighted by Crippen LogP contribution is -2.18. The number of carbonyl (C=O) groups excluding carboxylic acids is 1. The summed E-state index contributed by atoms with van der Waals surface area (Å²) in [7, 11) is 0. The highest BCUT2D eigenvalue weighted by Crippen LogP contribution is 2.30. The van der Waals surface area contributed by atoms with E-state index in [4.69, 9.17) is 9.84 Å². The summed E-state index contributed by atoms with van der Waals surface area (Å²) in [6, 6.07) is 0. The van der Waals surface area contributed by atoms with Crippen LogP contribution in [0.1, 0.15) is 32.6 Å². The third-order valence-corrected chi connectivity index (χ3v) is 1.70. The monoisotopic (exact) mass is 158 g/mol. The summed E-state index contributed by atoms with van der Waals surface area (Å²) in [5.74, 6) is -0.146. The maximum Gasteiger partial charge on any atom is 0.311 e. The lowest BCUT2D eigenvalue weighted by atomic mass is 10.3. The second-order valence-electron chi connectivity index (χ2n) is 2.95. The second-order valence-corrected chi connectivity index (χ2v) is 2.95. The van der Waals surface area contributed by atoms with Gasteiger partial charge in [-0.05, 0) is 12.8 Å². The lowest BCUT2D eigenvalue weighted by Gasteiger charge is -2.09. The normalized spacial score (nSPS) is 19.5. The second kappa shape index (κ2) is 3.72. The third-order valence-electron chi connectivity index (χ3n) is 1.70. The van der Waals surface area contributed by atoms with Crippen molar-refractivity contribution in [1.82, 2.24) is 0 Å². The van der Waals surface area contributed by atoms with E-state index in [1.54, 1.807) is 0 Å². The van der Waals surface area contributed by atoms with Gasteiger partial charge in [-0.25, -0.2) is 0 Å². The molecule has 0 aromatic rings. The Hall–Kier alpha value is -0.570. The van der Waals surface area contributed by atoms with Crippen LogP contribution < -0.4 is 0 Å². The number of aliphatic hydroxyl groups is 1. The molecule has 0 amide bonds. The summed E-state index contributed by atoms with van der Waals surface area (Å²) < 4.78 is 4.73. The van der Waals surface area contributed by atoms with Crippen LogP contribution in [-0.2, 0) is 9.53 Å². The van der Waals surface area contributed by atoms with E-state index in [0.717, 1.165) is 19.3 Å². The zero-order valence-electron chi connectivity index (χ0n) is 6.75. The molecule has 1 unspecified atom stereocenters. The van der Waals surface area contributed by atoms with Gasteiger partial charge >= 0.3 is 5.97 Å². The lowest BCUT2D eigenvalue weighted by molar-refractivity contribution is -0.170. The zero-order chi connectivity index (χ0) is 8.27. The van der Waals surface area contributed by atoms with Gasteiger partial charge in [0.2, 0.25) is 6.29 Å². The number of ether oxygens (including phenoxy) is 1. The smallest absolute Gasteiger partial charge is 0.311 e. The number of rotatable bonds is 4. The van der Waals surface area contributed by atoms with Gasteiger partial charge in [0.1, 0.15) is 0 Å². The highest BCUT2D eigenvalue weighted by molar-refractivity contribution is 5.74. The Bertz CT molecular complexity index is 140. The van der Waals surface area contributed by atoms with Gasteiger partial charge in [-0.2, -0.15) is 0 Å². The first-order valence-corrected chi connectivity index (χ1v) is 4.12. The molecule has 1 rings (SSSR count). The first-order chi connectivity index (χ1) is 5.24. The van der Waals surface area contributed by atoms with Gasteiger partial charge < -0.3 is 9.84 Å². The number of hydrogen-bond acceptors (Lipinski definition) is 3. The standard InChI is InChI=1S/C8H14O3/c1-2-3-7(9)11-8(10)6-4-5-6/h6-7,9H,2-5H2,1H3. The highest BCUT2D eigenvalue weighted by atomic mass is 16.6. The molecule has 64 valence electrons. The van der Waals surface area contributed by atoms with Crippen LogP contribution in [0, 0.1) is 5.92 Å². The molecular formula is C8H14O3. The molecule has 3 heteroatoms. The Morgan fingerprint density at radius 1 is 1.73 bits per heavy atom. The topological polar surface area (TPSA) is 46.5 Å². The molecule has 1 N–H and O–H groups in total. The van der Waals surface area contributed by atoms with Gasteiger partial charge in [-0.15, -0.1) is 0 Å². The molecule has 1 aliphatic carbocycles. The van der Waals surface area contributed by atoms with Gasteiger partial charge in [-0.3, -0.25) is 4.79 Å². The summed E-state index contributed by atoms with van der Waals surface area (Å²) in [5, 5.41) is 9.05. The van der Waals surface area contributed by atoms with E-state index >= 15 is 0 Å². The minimum Gasteiger partial charge on any atom is -0.436 e. The van der Waals surface area contributed by atoms with Crippen molar-refractivity contribution < 1.29 is 14.6 Å². The van der Waals surface area contributed by atoms with E-state index in [0.29, 0.717) is 6.42 Å². The molecule has 1 atom stereocenters. The van der Waals surface area contributed by atoms with Crippen LogP contribution in [0.15, 0.2) is 0 Å². The Morgan fingerprint density at radius 3 is 2.82 bits per heavy atom. The van der Waals surface area contributed by atoms with Gasteiger partial charge in [0.05, 0.1) is 5.92 Å². The number of esters is 1. The molecule has 0 spiro atoms. The fourth-order valence-electron chi connectivity index (χ4n) is 0.855. The molecule has 0 saturated heterocycles. The van der Waals surface area contributed by atoms with E-state index in [1.165, 1.54) is 0 Å². The first kappa shape index (κ1) is 8.53. The summed E-state index contributed by atoms with van der Waals surface area (Å²) in [5.41, 5.74) is 0. The average molecular weight is 158 g/mol. The molecule has 0 bridgehead atoms. The maximum atomic E-state index is 10.9. The molecule has 0 aliphatic heterocycles. The fraction of sp³-hybridized carbons (Fsp3) is 0.875. The Morgan fingerprint density at radius 2 is 2.36 bits per heavy atom.